The van der Waals surface area contributed by atoms with Gasteiger partial charge in [0.25, 0.3) is 0 Å². The van der Waals surface area contributed by atoms with Crippen LogP contribution >= 0.6 is 0 Å². The minimum absolute atomic E-state index is 0.169. The smallest absolute Gasteiger partial charge is 0.0371 e. The van der Waals surface area contributed by atoms with Crippen molar-refractivity contribution in [3.63, 3.8) is 0 Å². The number of aryl methyl sites for hydroxylation is 1. The summed E-state index contributed by atoms with van der Waals surface area (Å²) < 4.78 is 0. The molecule has 0 bridgehead atoms. The van der Waals surface area contributed by atoms with Crippen LogP contribution in [-0.2, 0) is 6.54 Å². The minimum atomic E-state index is 0.169. The highest BCUT2D eigenvalue weighted by Crippen LogP contribution is 2.33. The molecule has 2 heteroatoms. The van der Waals surface area contributed by atoms with E-state index in [0.717, 1.165) is 12.6 Å². The molecule has 21 heavy (non-hydrogen) atoms. The molecule has 0 saturated heterocycles. The van der Waals surface area contributed by atoms with Crippen molar-refractivity contribution in [2.75, 3.05) is 11.4 Å². The Labute approximate surface area is 130 Å². The van der Waals surface area contributed by atoms with Gasteiger partial charge in [-0.3, -0.25) is 0 Å². The lowest BCUT2D eigenvalue weighted by molar-refractivity contribution is 0.424. The topological polar surface area (TPSA) is 15.3 Å². The molecule has 1 aromatic carbocycles. The standard InChI is InChI=1S/C19H32N2/c1-14(2)13-21(17-9-10-17)18-8-7-16(15(3)11-18)12-20-19(4,5)6/h7-8,11,14,17,20H,9-10,12-13H2,1-6H3. The van der Waals surface area contributed by atoms with E-state index in [-0.39, 0.29) is 5.54 Å². The lowest BCUT2D eigenvalue weighted by Crippen LogP contribution is -2.35. The molecule has 0 aromatic heterocycles. The molecule has 2 nitrogen and oxygen atoms in total. The van der Waals surface area contributed by atoms with Crippen molar-refractivity contribution in [3.05, 3.63) is 29.3 Å². The van der Waals surface area contributed by atoms with E-state index in [1.54, 1.807) is 0 Å². The number of hydrogen-bond acceptors (Lipinski definition) is 2. The number of nitrogens with zero attached hydrogens (tertiary/aromatic N) is 1. The Hall–Kier alpha value is -1.02. The molecule has 0 radical (unpaired) electrons. The molecule has 1 aliphatic carbocycles. The summed E-state index contributed by atoms with van der Waals surface area (Å²) in [5, 5.41) is 3.58. The Morgan fingerprint density at radius 2 is 1.90 bits per heavy atom. The van der Waals surface area contributed by atoms with Crippen molar-refractivity contribution in [2.45, 2.75) is 72.5 Å². The summed E-state index contributed by atoms with van der Waals surface area (Å²) in [5.41, 5.74) is 4.39. The third-order valence-electron chi connectivity index (χ3n) is 4.02. The highest BCUT2D eigenvalue weighted by atomic mass is 15.2. The summed E-state index contributed by atoms with van der Waals surface area (Å²) in [6, 6.07) is 7.78. The zero-order chi connectivity index (χ0) is 15.6. The highest BCUT2D eigenvalue weighted by molar-refractivity contribution is 5.52. The molecular weight excluding hydrogens is 256 g/mol. The molecule has 0 heterocycles. The minimum Gasteiger partial charge on any atom is -0.368 e. The van der Waals surface area contributed by atoms with Gasteiger partial charge >= 0.3 is 0 Å². The summed E-state index contributed by atoms with van der Waals surface area (Å²) in [4.78, 5) is 2.61. The largest absolute Gasteiger partial charge is 0.368 e. The second kappa shape index (κ2) is 6.39. The zero-order valence-corrected chi connectivity index (χ0v) is 14.7. The molecule has 1 N–H and O–H groups in total. The van der Waals surface area contributed by atoms with E-state index in [1.807, 2.05) is 0 Å². The average Bonchev–Trinajstić information content (AvgIpc) is 3.17. The molecule has 2 rings (SSSR count). The number of benzene rings is 1. The van der Waals surface area contributed by atoms with Crippen molar-refractivity contribution >= 4 is 5.69 Å². The van der Waals surface area contributed by atoms with E-state index >= 15 is 0 Å². The predicted octanol–water partition coefficient (Wildman–Crippen LogP) is 4.51. The predicted molar refractivity (Wildman–Crippen MR) is 93.0 cm³/mol. The fraction of sp³-hybridized carbons (Fsp3) is 0.684. The first kappa shape index (κ1) is 16.4. The molecule has 0 aliphatic heterocycles. The second-order valence-corrected chi connectivity index (χ2v) is 7.99. The van der Waals surface area contributed by atoms with Crippen LogP contribution in [0, 0.1) is 12.8 Å². The molecule has 0 atom stereocenters. The lowest BCUT2D eigenvalue weighted by atomic mass is 10.0. The maximum absolute atomic E-state index is 3.58. The third kappa shape index (κ3) is 5.03. The van der Waals surface area contributed by atoms with Crippen LogP contribution in [0.15, 0.2) is 18.2 Å². The quantitative estimate of drug-likeness (QED) is 0.828. The van der Waals surface area contributed by atoms with Gasteiger partial charge < -0.3 is 10.2 Å². The molecule has 1 aliphatic rings. The monoisotopic (exact) mass is 288 g/mol. The Morgan fingerprint density at radius 3 is 2.38 bits per heavy atom. The fourth-order valence-electron chi connectivity index (χ4n) is 2.66. The zero-order valence-electron chi connectivity index (χ0n) is 14.7. The molecular formula is C19H32N2. The van der Waals surface area contributed by atoms with Gasteiger partial charge in [-0.05, 0) is 69.7 Å². The number of anilines is 1. The molecule has 1 aromatic rings. The fourth-order valence-corrected chi connectivity index (χ4v) is 2.66. The maximum atomic E-state index is 3.58. The third-order valence-corrected chi connectivity index (χ3v) is 4.02. The Morgan fingerprint density at radius 1 is 1.24 bits per heavy atom. The van der Waals surface area contributed by atoms with Gasteiger partial charge in [-0.25, -0.2) is 0 Å². The SMILES string of the molecule is Cc1cc(N(CC(C)C)C2CC2)ccc1CNC(C)(C)C. The Balaban J connectivity index is 2.09. The van der Waals surface area contributed by atoms with Crippen LogP contribution in [-0.4, -0.2) is 18.1 Å². The average molecular weight is 288 g/mol. The van der Waals surface area contributed by atoms with E-state index in [2.05, 4.69) is 70.0 Å². The summed E-state index contributed by atoms with van der Waals surface area (Å²) >= 11 is 0. The van der Waals surface area contributed by atoms with Crippen LogP contribution in [0.4, 0.5) is 5.69 Å². The van der Waals surface area contributed by atoms with Gasteiger partial charge in [0.15, 0.2) is 0 Å². The van der Waals surface area contributed by atoms with E-state index < -0.39 is 0 Å². The van der Waals surface area contributed by atoms with E-state index in [9.17, 15) is 0 Å². The first-order valence-electron chi connectivity index (χ1n) is 8.37. The molecule has 0 unspecified atom stereocenters. The number of rotatable bonds is 6. The lowest BCUT2D eigenvalue weighted by Gasteiger charge is -2.28. The van der Waals surface area contributed by atoms with Crippen LogP contribution in [0.5, 0.6) is 0 Å². The van der Waals surface area contributed by atoms with Crippen molar-refractivity contribution in [1.29, 1.82) is 0 Å². The van der Waals surface area contributed by atoms with Crippen LogP contribution < -0.4 is 10.2 Å². The second-order valence-electron chi connectivity index (χ2n) is 7.99. The van der Waals surface area contributed by atoms with Gasteiger partial charge in [0, 0.05) is 30.4 Å². The van der Waals surface area contributed by atoms with Crippen molar-refractivity contribution in [1.82, 2.24) is 5.32 Å². The first-order chi connectivity index (χ1) is 9.76. The van der Waals surface area contributed by atoms with Crippen LogP contribution in [0.25, 0.3) is 0 Å². The molecule has 0 amide bonds. The van der Waals surface area contributed by atoms with E-state index in [4.69, 9.17) is 0 Å². The summed E-state index contributed by atoms with van der Waals surface area (Å²) in [7, 11) is 0. The van der Waals surface area contributed by atoms with Gasteiger partial charge in [-0.2, -0.15) is 0 Å². The first-order valence-corrected chi connectivity index (χ1v) is 8.37. The summed E-state index contributed by atoms with van der Waals surface area (Å²) in [6.07, 6.45) is 2.72. The van der Waals surface area contributed by atoms with Crippen LogP contribution in [0.3, 0.4) is 0 Å². The van der Waals surface area contributed by atoms with Crippen molar-refractivity contribution in [3.8, 4) is 0 Å². The Kier molecular flexibility index (Phi) is 4.98. The maximum Gasteiger partial charge on any atom is 0.0371 e. The molecule has 1 saturated carbocycles. The van der Waals surface area contributed by atoms with Gasteiger partial charge in [0.2, 0.25) is 0 Å². The molecule has 1 fully saturated rings. The van der Waals surface area contributed by atoms with Gasteiger partial charge in [-0.15, -0.1) is 0 Å². The van der Waals surface area contributed by atoms with Gasteiger partial charge in [0.05, 0.1) is 0 Å². The van der Waals surface area contributed by atoms with Gasteiger partial charge in [0.1, 0.15) is 0 Å². The Bertz CT molecular complexity index is 467. The normalized spacial score (nSPS) is 15.6. The number of nitrogens with one attached hydrogen (secondary N) is 1. The van der Waals surface area contributed by atoms with Gasteiger partial charge in [-0.1, -0.05) is 19.9 Å². The van der Waals surface area contributed by atoms with Crippen molar-refractivity contribution in [2.24, 2.45) is 5.92 Å². The van der Waals surface area contributed by atoms with E-state index in [1.165, 1.54) is 36.2 Å². The highest BCUT2D eigenvalue weighted by Gasteiger charge is 2.29. The molecule has 0 spiro atoms. The van der Waals surface area contributed by atoms with Crippen LogP contribution in [0.2, 0.25) is 0 Å². The summed E-state index contributed by atoms with van der Waals surface area (Å²) in [5.74, 6) is 0.716. The molecule has 118 valence electrons. The van der Waals surface area contributed by atoms with E-state index in [0.29, 0.717) is 5.92 Å². The van der Waals surface area contributed by atoms with Crippen molar-refractivity contribution < 1.29 is 0 Å². The number of hydrogen-bond donors (Lipinski definition) is 1. The summed E-state index contributed by atoms with van der Waals surface area (Å²) in [6.45, 7) is 15.6. The van der Waals surface area contributed by atoms with Crippen LogP contribution in [0.1, 0.15) is 58.6 Å².